The van der Waals surface area contributed by atoms with Crippen molar-refractivity contribution in [1.82, 2.24) is 5.32 Å². The molecule has 0 aliphatic carbocycles. The summed E-state index contributed by atoms with van der Waals surface area (Å²) in [6.07, 6.45) is 0. The Hall–Kier alpha value is -2.86. The van der Waals surface area contributed by atoms with Gasteiger partial charge >= 0.3 is 5.97 Å². The summed E-state index contributed by atoms with van der Waals surface area (Å²) in [5.41, 5.74) is 1.24. The molecular weight excluding hydrogens is 332 g/mol. The van der Waals surface area contributed by atoms with E-state index >= 15 is 0 Å². The molecule has 0 fully saturated rings. The van der Waals surface area contributed by atoms with Crippen LogP contribution in [0.1, 0.15) is 20.7 Å². The van der Waals surface area contributed by atoms with E-state index in [9.17, 15) is 14.4 Å². The van der Waals surface area contributed by atoms with Gasteiger partial charge in [-0.2, -0.15) is 0 Å². The van der Waals surface area contributed by atoms with Gasteiger partial charge in [-0.15, -0.1) is 0 Å². The van der Waals surface area contributed by atoms with Crippen LogP contribution in [0.5, 0.6) is 0 Å². The molecule has 7 heteroatoms. The zero-order valence-electron chi connectivity index (χ0n) is 12.8. The van der Waals surface area contributed by atoms with E-state index in [1.807, 2.05) is 0 Å². The van der Waals surface area contributed by atoms with Crippen LogP contribution in [0.4, 0.5) is 5.69 Å². The molecule has 0 saturated heterocycles. The van der Waals surface area contributed by atoms with E-state index in [-0.39, 0.29) is 11.5 Å². The average molecular weight is 347 g/mol. The predicted molar refractivity (Wildman–Crippen MR) is 90.2 cm³/mol. The molecule has 0 aliphatic heterocycles. The first kappa shape index (κ1) is 17.5. The van der Waals surface area contributed by atoms with Gasteiger partial charge in [0.2, 0.25) is 0 Å². The molecule has 124 valence electrons. The van der Waals surface area contributed by atoms with Gasteiger partial charge in [-0.1, -0.05) is 17.7 Å². The number of halogens is 1. The fourth-order valence-corrected chi connectivity index (χ4v) is 2.07. The molecule has 0 aliphatic rings. The number of hydrogen-bond donors (Lipinski definition) is 2. The third-order valence-electron chi connectivity index (χ3n) is 3.05. The summed E-state index contributed by atoms with van der Waals surface area (Å²) in [6, 6.07) is 12.6. The number of carbonyl (C=O) groups is 3. The topological polar surface area (TPSA) is 84.5 Å². The third-order valence-corrected chi connectivity index (χ3v) is 3.29. The minimum absolute atomic E-state index is 0.219. The summed E-state index contributed by atoms with van der Waals surface area (Å²) in [7, 11) is 1.53. The molecule has 2 N–H and O–H groups in total. The van der Waals surface area contributed by atoms with Gasteiger partial charge in [0, 0.05) is 23.3 Å². The molecule has 0 aromatic heterocycles. The summed E-state index contributed by atoms with van der Waals surface area (Å²) in [5, 5.41) is 5.48. The molecular formula is C17H15ClN2O4. The van der Waals surface area contributed by atoms with E-state index in [1.165, 1.54) is 13.1 Å². The number of carbonyl (C=O) groups excluding carboxylic acids is 3. The second kappa shape index (κ2) is 8.12. The molecule has 2 rings (SSSR count). The number of nitrogens with one attached hydrogen (secondary N) is 2. The molecule has 2 aromatic rings. The Morgan fingerprint density at radius 3 is 2.38 bits per heavy atom. The standard InChI is InChI=1S/C17H15ClN2O4/c1-19-16(22)11-5-7-14(8-6-11)20-15(21)10-24-17(23)12-3-2-4-13(18)9-12/h2-9H,10H2,1H3,(H,19,22)(H,20,21). The van der Waals surface area contributed by atoms with E-state index < -0.39 is 18.5 Å². The highest BCUT2D eigenvalue weighted by molar-refractivity contribution is 6.30. The minimum atomic E-state index is -0.636. The highest BCUT2D eigenvalue weighted by atomic mass is 35.5. The van der Waals surface area contributed by atoms with Crippen LogP contribution in [0.2, 0.25) is 5.02 Å². The highest BCUT2D eigenvalue weighted by Crippen LogP contribution is 2.12. The average Bonchev–Trinajstić information content (AvgIpc) is 2.59. The molecule has 0 unspecified atom stereocenters. The van der Waals surface area contributed by atoms with Gasteiger partial charge in [0.25, 0.3) is 11.8 Å². The summed E-state index contributed by atoms with van der Waals surface area (Å²) >= 11 is 5.79. The molecule has 0 atom stereocenters. The number of esters is 1. The summed E-state index contributed by atoms with van der Waals surface area (Å²) in [4.78, 5) is 35.0. The monoisotopic (exact) mass is 346 g/mol. The maximum absolute atomic E-state index is 11.8. The molecule has 0 heterocycles. The van der Waals surface area contributed by atoms with Crippen molar-refractivity contribution >= 4 is 35.1 Å². The maximum Gasteiger partial charge on any atom is 0.338 e. The summed E-state index contributed by atoms with van der Waals surface area (Å²) in [5.74, 6) is -1.34. The number of ether oxygens (including phenoxy) is 1. The SMILES string of the molecule is CNC(=O)c1ccc(NC(=O)COC(=O)c2cccc(Cl)c2)cc1. The van der Waals surface area contributed by atoms with Crippen molar-refractivity contribution in [2.75, 3.05) is 19.0 Å². The summed E-state index contributed by atoms with van der Waals surface area (Å²) in [6.45, 7) is -0.428. The van der Waals surface area contributed by atoms with Crippen LogP contribution in [0.25, 0.3) is 0 Å². The smallest absolute Gasteiger partial charge is 0.338 e. The molecule has 24 heavy (non-hydrogen) atoms. The lowest BCUT2D eigenvalue weighted by Gasteiger charge is -2.07. The fourth-order valence-electron chi connectivity index (χ4n) is 1.88. The quantitative estimate of drug-likeness (QED) is 0.815. The summed E-state index contributed by atoms with van der Waals surface area (Å²) < 4.78 is 4.92. The first-order chi connectivity index (χ1) is 11.5. The molecule has 2 aromatic carbocycles. The number of rotatable bonds is 5. The first-order valence-electron chi connectivity index (χ1n) is 7.04. The van der Waals surface area contributed by atoms with Crippen molar-refractivity contribution in [3.8, 4) is 0 Å². The number of amides is 2. The van der Waals surface area contributed by atoms with Gasteiger partial charge in [0.1, 0.15) is 0 Å². The lowest BCUT2D eigenvalue weighted by atomic mass is 10.2. The Kier molecular flexibility index (Phi) is 5.92. The van der Waals surface area contributed by atoms with Gasteiger partial charge in [-0.05, 0) is 42.5 Å². The van der Waals surface area contributed by atoms with Crippen LogP contribution < -0.4 is 10.6 Å². The van der Waals surface area contributed by atoms with Crippen molar-refractivity contribution in [3.05, 3.63) is 64.7 Å². The van der Waals surface area contributed by atoms with Crippen LogP contribution in [0.15, 0.2) is 48.5 Å². The number of anilines is 1. The normalized spacial score (nSPS) is 9.92. The van der Waals surface area contributed by atoms with E-state index in [0.29, 0.717) is 16.3 Å². The van der Waals surface area contributed by atoms with E-state index in [4.69, 9.17) is 16.3 Å². The van der Waals surface area contributed by atoms with Crippen LogP contribution >= 0.6 is 11.6 Å². The van der Waals surface area contributed by atoms with Crippen LogP contribution in [-0.2, 0) is 9.53 Å². The zero-order valence-corrected chi connectivity index (χ0v) is 13.6. The van der Waals surface area contributed by atoms with Crippen LogP contribution in [0, 0.1) is 0 Å². The third kappa shape index (κ3) is 4.82. The van der Waals surface area contributed by atoms with Crippen LogP contribution in [-0.4, -0.2) is 31.4 Å². The van der Waals surface area contributed by atoms with Gasteiger partial charge in [-0.25, -0.2) is 4.79 Å². The molecule has 0 radical (unpaired) electrons. The molecule has 0 spiro atoms. The largest absolute Gasteiger partial charge is 0.452 e. The van der Waals surface area contributed by atoms with Crippen molar-refractivity contribution in [2.24, 2.45) is 0 Å². The van der Waals surface area contributed by atoms with Gasteiger partial charge in [-0.3, -0.25) is 9.59 Å². The Balaban J connectivity index is 1.87. The van der Waals surface area contributed by atoms with E-state index in [2.05, 4.69) is 10.6 Å². The first-order valence-corrected chi connectivity index (χ1v) is 7.42. The van der Waals surface area contributed by atoms with Gasteiger partial charge in [0.15, 0.2) is 6.61 Å². The Morgan fingerprint density at radius 2 is 1.75 bits per heavy atom. The highest BCUT2D eigenvalue weighted by Gasteiger charge is 2.11. The zero-order chi connectivity index (χ0) is 17.5. The Morgan fingerprint density at radius 1 is 1.04 bits per heavy atom. The van der Waals surface area contributed by atoms with Crippen molar-refractivity contribution in [2.45, 2.75) is 0 Å². The number of benzene rings is 2. The van der Waals surface area contributed by atoms with E-state index in [0.717, 1.165) is 0 Å². The van der Waals surface area contributed by atoms with Crippen LogP contribution in [0.3, 0.4) is 0 Å². The lowest BCUT2D eigenvalue weighted by molar-refractivity contribution is -0.119. The molecule has 0 bridgehead atoms. The molecule has 2 amide bonds. The molecule has 6 nitrogen and oxygen atoms in total. The fraction of sp³-hybridized carbons (Fsp3) is 0.118. The molecule has 0 saturated carbocycles. The Labute approximate surface area is 143 Å². The minimum Gasteiger partial charge on any atom is -0.452 e. The lowest BCUT2D eigenvalue weighted by Crippen LogP contribution is -2.21. The second-order valence-electron chi connectivity index (χ2n) is 4.79. The van der Waals surface area contributed by atoms with Crippen molar-refractivity contribution in [3.63, 3.8) is 0 Å². The Bertz CT molecular complexity index is 759. The maximum atomic E-state index is 11.8. The van der Waals surface area contributed by atoms with Crippen molar-refractivity contribution in [1.29, 1.82) is 0 Å². The van der Waals surface area contributed by atoms with Crippen molar-refractivity contribution < 1.29 is 19.1 Å². The second-order valence-corrected chi connectivity index (χ2v) is 5.23. The van der Waals surface area contributed by atoms with Gasteiger partial charge < -0.3 is 15.4 Å². The van der Waals surface area contributed by atoms with E-state index in [1.54, 1.807) is 42.5 Å². The predicted octanol–water partition coefficient (Wildman–Crippen LogP) is 2.50. The number of hydrogen-bond acceptors (Lipinski definition) is 4. The van der Waals surface area contributed by atoms with Gasteiger partial charge in [0.05, 0.1) is 5.56 Å².